The Labute approximate surface area is 132 Å². The minimum absolute atomic E-state index is 0.0114. The average molecular weight is 329 g/mol. The van der Waals surface area contributed by atoms with Gasteiger partial charge < -0.3 is 4.18 Å². The summed E-state index contributed by atoms with van der Waals surface area (Å²) in [6.45, 7) is 0. The van der Waals surface area contributed by atoms with Gasteiger partial charge in [0.1, 0.15) is 10.6 Å². The largest absolute Gasteiger partial charge is 0.379 e. The van der Waals surface area contributed by atoms with E-state index in [4.69, 9.17) is 4.18 Å². The number of rotatable bonds is 4. The fourth-order valence-electron chi connectivity index (χ4n) is 2.15. The van der Waals surface area contributed by atoms with Crippen LogP contribution in [-0.4, -0.2) is 13.3 Å². The molecule has 7 heteroatoms. The monoisotopic (exact) mass is 329 g/mol. The van der Waals surface area contributed by atoms with Gasteiger partial charge in [0.15, 0.2) is 0 Å². The smallest absolute Gasteiger partial charge is 0.339 e. The highest BCUT2D eigenvalue weighted by molar-refractivity contribution is 7.87. The zero-order valence-electron chi connectivity index (χ0n) is 11.7. The summed E-state index contributed by atoms with van der Waals surface area (Å²) in [5.41, 5.74) is -0.240. The van der Waals surface area contributed by atoms with Crippen molar-refractivity contribution < 1.29 is 17.5 Å². The Morgan fingerprint density at radius 2 is 1.61 bits per heavy atom. The highest BCUT2D eigenvalue weighted by Crippen LogP contribution is 2.25. The van der Waals surface area contributed by atoms with Crippen molar-refractivity contribution in [2.75, 3.05) is 0 Å². The zero-order chi connectivity index (χ0) is 16.4. The van der Waals surface area contributed by atoms with Crippen LogP contribution >= 0.6 is 0 Å². The molecule has 0 bridgehead atoms. The fourth-order valence-corrected chi connectivity index (χ4v) is 3.11. The Morgan fingerprint density at radius 3 is 2.35 bits per heavy atom. The van der Waals surface area contributed by atoms with Crippen LogP contribution in [-0.2, 0) is 10.1 Å². The van der Waals surface area contributed by atoms with Gasteiger partial charge in [-0.25, -0.2) is 0 Å². The van der Waals surface area contributed by atoms with E-state index in [1.165, 1.54) is 30.3 Å². The summed E-state index contributed by atoms with van der Waals surface area (Å²) < 4.78 is 29.7. The van der Waals surface area contributed by atoms with Crippen molar-refractivity contribution in [1.82, 2.24) is 0 Å². The maximum absolute atomic E-state index is 12.3. The lowest BCUT2D eigenvalue weighted by atomic mass is 10.1. The summed E-state index contributed by atoms with van der Waals surface area (Å²) in [5, 5.41) is 12.4. The van der Waals surface area contributed by atoms with Crippen LogP contribution in [0.15, 0.2) is 71.6 Å². The molecular weight excluding hydrogens is 318 g/mol. The molecule has 0 radical (unpaired) electrons. The van der Waals surface area contributed by atoms with Crippen molar-refractivity contribution in [3.05, 3.63) is 76.8 Å². The van der Waals surface area contributed by atoms with E-state index in [2.05, 4.69) is 0 Å². The second kappa shape index (κ2) is 5.69. The number of nitro benzene ring substituents is 1. The Bertz CT molecular complexity index is 998. The summed E-state index contributed by atoms with van der Waals surface area (Å²) in [4.78, 5) is 10.1. The van der Waals surface area contributed by atoms with E-state index in [9.17, 15) is 18.5 Å². The second-order valence-corrected chi connectivity index (χ2v) is 6.35. The third-order valence-electron chi connectivity index (χ3n) is 3.24. The minimum atomic E-state index is -4.07. The molecule has 0 atom stereocenters. The summed E-state index contributed by atoms with van der Waals surface area (Å²) in [6, 6.07) is 17.0. The van der Waals surface area contributed by atoms with Gasteiger partial charge in [0, 0.05) is 6.07 Å². The summed E-state index contributed by atoms with van der Waals surface area (Å²) in [7, 11) is -4.07. The molecule has 0 amide bonds. The van der Waals surface area contributed by atoms with Crippen LogP contribution in [0.25, 0.3) is 10.8 Å². The number of nitrogens with zero attached hydrogens (tertiary/aromatic N) is 1. The van der Waals surface area contributed by atoms with Crippen molar-refractivity contribution in [3.8, 4) is 5.75 Å². The number of hydrogen-bond acceptors (Lipinski definition) is 5. The predicted octanol–water partition coefficient (Wildman–Crippen LogP) is 3.52. The van der Waals surface area contributed by atoms with Gasteiger partial charge in [0.25, 0.3) is 5.69 Å². The Balaban J connectivity index is 1.97. The van der Waals surface area contributed by atoms with Gasteiger partial charge in [-0.2, -0.15) is 8.42 Å². The number of benzene rings is 3. The van der Waals surface area contributed by atoms with Crippen molar-refractivity contribution in [1.29, 1.82) is 0 Å². The van der Waals surface area contributed by atoms with Gasteiger partial charge in [-0.1, -0.05) is 36.4 Å². The zero-order valence-corrected chi connectivity index (χ0v) is 12.6. The number of fused-ring (bicyclic) bond motifs is 1. The average Bonchev–Trinajstić information content (AvgIpc) is 2.54. The second-order valence-electron chi connectivity index (χ2n) is 4.80. The van der Waals surface area contributed by atoms with Crippen molar-refractivity contribution in [2.45, 2.75) is 4.90 Å². The SMILES string of the molecule is O=[N+]([O-])c1cccc(OS(=O)(=O)c2ccc3ccccc3c2)c1. The lowest BCUT2D eigenvalue weighted by Gasteiger charge is -2.08. The van der Waals surface area contributed by atoms with Crippen LogP contribution in [0, 0.1) is 10.1 Å². The summed E-state index contributed by atoms with van der Waals surface area (Å²) in [6.07, 6.45) is 0. The van der Waals surface area contributed by atoms with Crippen LogP contribution in [0.2, 0.25) is 0 Å². The van der Waals surface area contributed by atoms with Gasteiger partial charge in [0.05, 0.1) is 11.0 Å². The van der Waals surface area contributed by atoms with E-state index in [-0.39, 0.29) is 16.3 Å². The first-order valence-corrected chi connectivity index (χ1v) is 8.04. The van der Waals surface area contributed by atoms with Gasteiger partial charge in [-0.3, -0.25) is 10.1 Å². The molecule has 3 aromatic rings. The first kappa shape index (κ1) is 15.0. The van der Waals surface area contributed by atoms with E-state index in [0.717, 1.165) is 16.8 Å². The first-order valence-electron chi connectivity index (χ1n) is 6.63. The van der Waals surface area contributed by atoms with E-state index < -0.39 is 15.0 Å². The molecule has 3 rings (SSSR count). The highest BCUT2D eigenvalue weighted by atomic mass is 32.2. The highest BCUT2D eigenvalue weighted by Gasteiger charge is 2.18. The molecule has 0 unspecified atom stereocenters. The van der Waals surface area contributed by atoms with Gasteiger partial charge in [-0.05, 0) is 29.0 Å². The molecule has 0 fully saturated rings. The molecule has 0 aliphatic carbocycles. The van der Waals surface area contributed by atoms with Crippen LogP contribution in [0.5, 0.6) is 5.75 Å². The molecule has 0 aromatic heterocycles. The minimum Gasteiger partial charge on any atom is -0.379 e. The van der Waals surface area contributed by atoms with Crippen molar-refractivity contribution >= 4 is 26.6 Å². The lowest BCUT2D eigenvalue weighted by Crippen LogP contribution is -2.09. The number of non-ortho nitro benzene ring substituents is 1. The molecular formula is C16H11NO5S. The Morgan fingerprint density at radius 1 is 0.870 bits per heavy atom. The molecule has 23 heavy (non-hydrogen) atoms. The standard InChI is InChI=1S/C16H11NO5S/c18-17(19)14-6-3-7-15(11-14)22-23(20,21)16-9-8-12-4-1-2-5-13(12)10-16/h1-11H. The van der Waals surface area contributed by atoms with Gasteiger partial charge in [-0.15, -0.1) is 0 Å². The molecule has 3 aromatic carbocycles. The fraction of sp³-hybridized carbons (Fsp3) is 0. The maximum atomic E-state index is 12.3. The van der Waals surface area contributed by atoms with E-state index in [1.807, 2.05) is 12.1 Å². The van der Waals surface area contributed by atoms with Crippen molar-refractivity contribution in [3.63, 3.8) is 0 Å². The van der Waals surface area contributed by atoms with Gasteiger partial charge >= 0.3 is 10.1 Å². The third kappa shape index (κ3) is 3.14. The molecule has 0 aliphatic rings. The van der Waals surface area contributed by atoms with Gasteiger partial charge in [0.2, 0.25) is 0 Å². The number of hydrogen-bond donors (Lipinski definition) is 0. The third-order valence-corrected chi connectivity index (χ3v) is 4.49. The molecule has 0 spiro atoms. The topological polar surface area (TPSA) is 86.5 Å². The molecule has 116 valence electrons. The van der Waals surface area contributed by atoms with E-state index in [0.29, 0.717) is 0 Å². The molecule has 0 saturated heterocycles. The molecule has 0 saturated carbocycles. The Kier molecular flexibility index (Phi) is 3.71. The summed E-state index contributed by atoms with van der Waals surface area (Å²) >= 11 is 0. The van der Waals surface area contributed by atoms with Crippen molar-refractivity contribution in [2.24, 2.45) is 0 Å². The Hall–Kier alpha value is -2.93. The quantitative estimate of drug-likeness (QED) is 0.415. The first-order chi connectivity index (χ1) is 11.0. The van der Waals surface area contributed by atoms with Crippen LogP contribution in [0.1, 0.15) is 0 Å². The normalized spacial score (nSPS) is 11.3. The molecule has 0 N–H and O–H groups in total. The summed E-state index contributed by atoms with van der Waals surface area (Å²) in [5.74, 6) is -0.104. The maximum Gasteiger partial charge on any atom is 0.339 e. The van der Waals surface area contributed by atoms with Crippen LogP contribution < -0.4 is 4.18 Å². The predicted molar refractivity (Wildman–Crippen MR) is 84.9 cm³/mol. The van der Waals surface area contributed by atoms with Crippen LogP contribution in [0.4, 0.5) is 5.69 Å². The molecule has 0 heterocycles. The van der Waals surface area contributed by atoms with E-state index >= 15 is 0 Å². The molecule has 6 nitrogen and oxygen atoms in total. The van der Waals surface area contributed by atoms with Crippen LogP contribution in [0.3, 0.4) is 0 Å². The lowest BCUT2D eigenvalue weighted by molar-refractivity contribution is -0.384. The number of nitro groups is 1. The van der Waals surface area contributed by atoms with E-state index in [1.54, 1.807) is 18.2 Å². The molecule has 0 aliphatic heterocycles.